The number of carboxylic acids is 1. The van der Waals surface area contributed by atoms with Gasteiger partial charge in [-0.25, -0.2) is 14.8 Å². The Morgan fingerprint density at radius 2 is 2.00 bits per heavy atom. The van der Waals surface area contributed by atoms with Gasteiger partial charge >= 0.3 is 5.97 Å². The van der Waals surface area contributed by atoms with Gasteiger partial charge in [-0.05, 0) is 34.1 Å². The number of pyridine rings is 2. The first-order valence-electron chi connectivity index (χ1n) is 4.74. The topological polar surface area (TPSA) is 63.1 Å². The van der Waals surface area contributed by atoms with Crippen LogP contribution < -0.4 is 0 Å². The van der Waals surface area contributed by atoms with Crippen molar-refractivity contribution in [3.8, 4) is 0 Å². The van der Waals surface area contributed by atoms with Crippen LogP contribution in [-0.2, 0) is 0 Å². The Balaban J connectivity index is 2.27. The first-order valence-corrected chi connectivity index (χ1v) is 6.73. The third-order valence-corrected chi connectivity index (χ3v) is 3.62. The molecule has 2 aromatic heterocycles. The van der Waals surface area contributed by atoms with E-state index in [1.807, 2.05) is 12.1 Å². The molecule has 0 aromatic carbocycles. The quantitative estimate of drug-likeness (QED) is 0.918. The van der Waals surface area contributed by atoms with E-state index in [1.165, 1.54) is 24.0 Å². The third-order valence-electron chi connectivity index (χ3n) is 1.97. The standard InChI is InChI=1S/C11H6BrClN2O2S/c12-6-1-2-9(14-4-6)18-10-3-7(11(16)17)8(13)5-15-10/h1-5H,(H,16,17). The Bertz CT molecular complexity index is 592. The molecule has 7 heteroatoms. The fourth-order valence-electron chi connectivity index (χ4n) is 1.17. The molecule has 0 atom stereocenters. The highest BCUT2D eigenvalue weighted by Gasteiger charge is 2.11. The zero-order valence-corrected chi connectivity index (χ0v) is 12.0. The van der Waals surface area contributed by atoms with E-state index < -0.39 is 5.97 Å². The van der Waals surface area contributed by atoms with Gasteiger partial charge in [0.1, 0.15) is 10.1 Å². The molecule has 2 rings (SSSR count). The van der Waals surface area contributed by atoms with E-state index in [0.29, 0.717) is 5.03 Å². The number of nitrogens with zero attached hydrogens (tertiary/aromatic N) is 2. The highest BCUT2D eigenvalue weighted by atomic mass is 79.9. The normalized spacial score (nSPS) is 10.3. The lowest BCUT2D eigenvalue weighted by atomic mass is 10.3. The Morgan fingerprint density at radius 1 is 1.28 bits per heavy atom. The van der Waals surface area contributed by atoms with Crippen LogP contribution >= 0.6 is 39.3 Å². The number of hydrogen-bond donors (Lipinski definition) is 1. The van der Waals surface area contributed by atoms with Crippen molar-refractivity contribution in [1.29, 1.82) is 0 Å². The van der Waals surface area contributed by atoms with Gasteiger partial charge in [0.2, 0.25) is 0 Å². The molecule has 0 unspecified atom stereocenters. The van der Waals surface area contributed by atoms with Crippen LogP contribution in [0.15, 0.2) is 45.1 Å². The number of aromatic carboxylic acids is 1. The first kappa shape index (κ1) is 13.3. The van der Waals surface area contributed by atoms with Crippen molar-refractivity contribution in [2.45, 2.75) is 10.1 Å². The van der Waals surface area contributed by atoms with Gasteiger partial charge in [-0.2, -0.15) is 0 Å². The lowest BCUT2D eigenvalue weighted by molar-refractivity contribution is 0.0696. The van der Waals surface area contributed by atoms with Gasteiger partial charge in [-0.3, -0.25) is 0 Å². The fraction of sp³-hybridized carbons (Fsp3) is 0. The molecule has 2 aromatic rings. The summed E-state index contributed by atoms with van der Waals surface area (Å²) in [6.45, 7) is 0. The van der Waals surface area contributed by atoms with Crippen LogP contribution in [0.1, 0.15) is 10.4 Å². The minimum Gasteiger partial charge on any atom is -0.478 e. The van der Waals surface area contributed by atoms with Gasteiger partial charge in [-0.1, -0.05) is 23.4 Å². The van der Waals surface area contributed by atoms with Crippen LogP contribution in [-0.4, -0.2) is 21.0 Å². The minimum atomic E-state index is -1.08. The molecule has 0 aliphatic carbocycles. The van der Waals surface area contributed by atoms with E-state index in [2.05, 4.69) is 25.9 Å². The van der Waals surface area contributed by atoms with Crippen LogP contribution in [0.2, 0.25) is 5.02 Å². The highest BCUT2D eigenvalue weighted by Crippen LogP contribution is 2.27. The molecule has 0 saturated carbocycles. The highest BCUT2D eigenvalue weighted by molar-refractivity contribution is 9.10. The smallest absolute Gasteiger partial charge is 0.337 e. The second-order valence-electron chi connectivity index (χ2n) is 3.22. The monoisotopic (exact) mass is 344 g/mol. The molecule has 0 spiro atoms. The van der Waals surface area contributed by atoms with Crippen LogP contribution in [0.3, 0.4) is 0 Å². The van der Waals surface area contributed by atoms with Gasteiger partial charge < -0.3 is 5.11 Å². The average Bonchev–Trinajstić information content (AvgIpc) is 2.34. The maximum absolute atomic E-state index is 10.9. The average molecular weight is 346 g/mol. The summed E-state index contributed by atoms with van der Waals surface area (Å²) in [5.41, 5.74) is 0.0336. The molecule has 92 valence electrons. The predicted octanol–water partition coefficient (Wildman–Crippen LogP) is 3.74. The summed E-state index contributed by atoms with van der Waals surface area (Å²) in [4.78, 5) is 19.1. The lowest BCUT2D eigenvalue weighted by Gasteiger charge is -2.03. The van der Waals surface area contributed by atoms with Crippen molar-refractivity contribution in [2.75, 3.05) is 0 Å². The molecule has 18 heavy (non-hydrogen) atoms. The molecule has 0 amide bonds. The zero-order valence-electron chi connectivity index (χ0n) is 8.80. The van der Waals surface area contributed by atoms with Crippen molar-refractivity contribution < 1.29 is 9.90 Å². The van der Waals surface area contributed by atoms with Gasteiger partial charge in [0.15, 0.2) is 0 Å². The Morgan fingerprint density at radius 3 is 2.61 bits per heavy atom. The summed E-state index contributed by atoms with van der Waals surface area (Å²) in [5.74, 6) is -1.08. The summed E-state index contributed by atoms with van der Waals surface area (Å²) < 4.78 is 0.877. The summed E-state index contributed by atoms with van der Waals surface area (Å²) in [6.07, 6.45) is 2.99. The summed E-state index contributed by atoms with van der Waals surface area (Å²) >= 11 is 10.3. The minimum absolute atomic E-state index is 0.0336. The van der Waals surface area contributed by atoms with Crippen molar-refractivity contribution >= 4 is 45.3 Å². The van der Waals surface area contributed by atoms with Gasteiger partial charge in [-0.15, -0.1) is 0 Å². The molecule has 0 saturated heterocycles. The van der Waals surface area contributed by atoms with E-state index in [-0.39, 0.29) is 10.6 Å². The third kappa shape index (κ3) is 3.22. The Kier molecular flexibility index (Phi) is 4.21. The fourth-order valence-corrected chi connectivity index (χ4v) is 2.33. The summed E-state index contributed by atoms with van der Waals surface area (Å²) in [5, 5.41) is 10.3. The summed E-state index contributed by atoms with van der Waals surface area (Å²) in [7, 11) is 0. The van der Waals surface area contributed by atoms with E-state index in [1.54, 1.807) is 6.20 Å². The molecule has 1 N–H and O–H groups in total. The van der Waals surface area contributed by atoms with E-state index >= 15 is 0 Å². The number of aromatic nitrogens is 2. The molecule has 0 fully saturated rings. The molecule has 0 aliphatic heterocycles. The molecule has 0 radical (unpaired) electrons. The van der Waals surface area contributed by atoms with Crippen LogP contribution in [0, 0.1) is 0 Å². The number of carboxylic acid groups (broad SMARTS) is 1. The van der Waals surface area contributed by atoms with Crippen molar-refractivity contribution in [3.63, 3.8) is 0 Å². The van der Waals surface area contributed by atoms with E-state index in [4.69, 9.17) is 16.7 Å². The summed E-state index contributed by atoms with van der Waals surface area (Å²) in [6, 6.07) is 5.09. The number of halogens is 2. The lowest BCUT2D eigenvalue weighted by Crippen LogP contribution is -1.98. The van der Waals surface area contributed by atoms with Crippen LogP contribution in [0.5, 0.6) is 0 Å². The predicted molar refractivity (Wildman–Crippen MR) is 72.3 cm³/mol. The maximum Gasteiger partial charge on any atom is 0.337 e. The SMILES string of the molecule is O=C(O)c1cc(Sc2ccc(Br)cn2)ncc1Cl. The van der Waals surface area contributed by atoms with Gasteiger partial charge in [0.05, 0.1) is 10.6 Å². The molecular weight excluding hydrogens is 340 g/mol. The number of hydrogen-bond acceptors (Lipinski definition) is 4. The van der Waals surface area contributed by atoms with E-state index in [0.717, 1.165) is 9.50 Å². The molecule has 0 aliphatic rings. The van der Waals surface area contributed by atoms with Crippen molar-refractivity contribution in [3.05, 3.63) is 45.7 Å². The molecular formula is C11H6BrClN2O2S. The van der Waals surface area contributed by atoms with Crippen LogP contribution in [0.4, 0.5) is 0 Å². The van der Waals surface area contributed by atoms with Crippen LogP contribution in [0.25, 0.3) is 0 Å². The van der Waals surface area contributed by atoms with E-state index in [9.17, 15) is 4.79 Å². The second-order valence-corrected chi connectivity index (χ2v) is 5.59. The number of rotatable bonds is 3. The largest absolute Gasteiger partial charge is 0.478 e. The Labute approximate surface area is 121 Å². The molecule has 2 heterocycles. The first-order chi connectivity index (χ1) is 8.56. The van der Waals surface area contributed by atoms with Gasteiger partial charge in [0.25, 0.3) is 0 Å². The second kappa shape index (κ2) is 5.69. The molecule has 0 bridgehead atoms. The maximum atomic E-state index is 10.9. The zero-order chi connectivity index (χ0) is 13.1. The molecule has 4 nitrogen and oxygen atoms in total. The van der Waals surface area contributed by atoms with Crippen molar-refractivity contribution in [1.82, 2.24) is 9.97 Å². The van der Waals surface area contributed by atoms with Crippen molar-refractivity contribution in [2.24, 2.45) is 0 Å². The van der Waals surface area contributed by atoms with Gasteiger partial charge in [0, 0.05) is 16.9 Å². The number of carbonyl (C=O) groups is 1. The Hall–Kier alpha value is -1.11.